The van der Waals surface area contributed by atoms with Gasteiger partial charge in [0.2, 0.25) is 0 Å². The number of rotatable bonds is 8. The van der Waals surface area contributed by atoms with Crippen molar-refractivity contribution in [2.24, 2.45) is 0 Å². The van der Waals surface area contributed by atoms with Gasteiger partial charge in [0, 0.05) is 37.0 Å². The van der Waals surface area contributed by atoms with E-state index in [0.29, 0.717) is 49.5 Å². The van der Waals surface area contributed by atoms with Gasteiger partial charge in [-0.3, -0.25) is 4.79 Å². The predicted octanol–water partition coefficient (Wildman–Crippen LogP) is 2.53. The topological polar surface area (TPSA) is 152 Å². The molecule has 3 aromatic heterocycles. The number of hydrogen-bond acceptors (Lipinski definition) is 8. The molecular weight excluding hydrogens is 448 g/mol. The predicted molar refractivity (Wildman–Crippen MR) is 133 cm³/mol. The summed E-state index contributed by atoms with van der Waals surface area (Å²) in [5, 5.41) is 19.8. The number of hydrogen-bond donors (Lipinski definition) is 3. The Hall–Kier alpha value is -4.07. The number of nitrogen functional groups attached to an aromatic ring is 1. The van der Waals surface area contributed by atoms with Gasteiger partial charge in [-0.15, -0.1) is 0 Å². The van der Waals surface area contributed by atoms with Crippen molar-refractivity contribution in [3.05, 3.63) is 51.1 Å². The average molecular weight is 481 g/mol. The number of aryl methyl sites for hydroxylation is 3. The van der Waals surface area contributed by atoms with Crippen molar-refractivity contribution in [2.45, 2.75) is 59.6 Å². The Morgan fingerprint density at radius 2 is 2.03 bits per heavy atom. The van der Waals surface area contributed by atoms with E-state index in [1.165, 1.54) is 4.52 Å². The molecule has 0 aliphatic carbocycles. The molecule has 3 heterocycles. The molecule has 0 aliphatic heterocycles. The third-order valence-corrected chi connectivity index (χ3v) is 5.41. The van der Waals surface area contributed by atoms with E-state index in [4.69, 9.17) is 10.5 Å². The maximum Gasteiger partial charge on any atom is 0.407 e. The molecule has 0 saturated carbocycles. The number of fused-ring (bicyclic) bond motifs is 1. The maximum atomic E-state index is 12.9. The second-order valence-electron chi connectivity index (χ2n) is 9.27. The van der Waals surface area contributed by atoms with Crippen LogP contribution in [0.1, 0.15) is 49.6 Å². The monoisotopic (exact) mass is 480 g/mol. The zero-order valence-corrected chi connectivity index (χ0v) is 20.8. The molecule has 0 fully saturated rings. The largest absolute Gasteiger partial charge is 0.444 e. The summed E-state index contributed by atoms with van der Waals surface area (Å²) in [5.41, 5.74) is 8.60. The normalized spacial score (nSPS) is 11.3. The smallest absolute Gasteiger partial charge is 0.407 e. The second kappa shape index (κ2) is 10.5. The van der Waals surface area contributed by atoms with Crippen molar-refractivity contribution >= 4 is 23.4 Å². The van der Waals surface area contributed by atoms with E-state index >= 15 is 0 Å². The van der Waals surface area contributed by atoms with Gasteiger partial charge in [0.25, 0.3) is 5.56 Å². The Kier molecular flexibility index (Phi) is 7.64. The quantitative estimate of drug-likeness (QED) is 0.416. The van der Waals surface area contributed by atoms with Gasteiger partial charge in [0.05, 0.1) is 5.69 Å². The molecule has 0 atom stereocenters. The van der Waals surface area contributed by atoms with Crippen LogP contribution < -0.4 is 21.9 Å². The molecule has 3 rings (SSSR count). The van der Waals surface area contributed by atoms with Crippen LogP contribution in [0.25, 0.3) is 5.65 Å². The fourth-order valence-electron chi connectivity index (χ4n) is 3.54. The molecular formula is C24H32N8O3. The number of alkyl carbamates (subject to hydrolysis) is 1. The van der Waals surface area contributed by atoms with Crippen LogP contribution >= 0.6 is 0 Å². The van der Waals surface area contributed by atoms with Crippen molar-refractivity contribution in [1.82, 2.24) is 24.5 Å². The summed E-state index contributed by atoms with van der Waals surface area (Å²) < 4.78 is 8.30. The van der Waals surface area contributed by atoms with Gasteiger partial charge in [-0.1, -0.05) is 6.07 Å². The number of carbonyl (C=O) groups excluding carboxylic acids is 1. The number of pyridine rings is 1. The van der Waals surface area contributed by atoms with E-state index in [9.17, 15) is 14.9 Å². The summed E-state index contributed by atoms with van der Waals surface area (Å²) in [6.07, 6.45) is 2.27. The molecule has 0 aromatic carbocycles. The first kappa shape index (κ1) is 25.6. The average Bonchev–Trinajstić information content (AvgIpc) is 3.06. The Morgan fingerprint density at radius 3 is 2.71 bits per heavy atom. The number of aromatic nitrogens is 4. The summed E-state index contributed by atoms with van der Waals surface area (Å²) in [7, 11) is 0. The minimum absolute atomic E-state index is 0.0998. The number of ether oxygens (including phenoxy) is 1. The van der Waals surface area contributed by atoms with Gasteiger partial charge in [0.15, 0.2) is 5.65 Å². The minimum atomic E-state index is -0.554. The van der Waals surface area contributed by atoms with Crippen LogP contribution in [0.5, 0.6) is 0 Å². The van der Waals surface area contributed by atoms with Crippen LogP contribution in [0.15, 0.2) is 23.1 Å². The number of amides is 1. The Morgan fingerprint density at radius 1 is 1.29 bits per heavy atom. The molecule has 11 heteroatoms. The zero-order chi connectivity index (χ0) is 25.8. The molecule has 0 bridgehead atoms. The first-order valence-corrected chi connectivity index (χ1v) is 11.5. The highest BCUT2D eigenvalue weighted by Crippen LogP contribution is 2.24. The number of nitriles is 1. The molecule has 1 amide bonds. The fourth-order valence-corrected chi connectivity index (χ4v) is 3.54. The molecule has 3 aromatic rings. The van der Waals surface area contributed by atoms with Crippen molar-refractivity contribution in [3.8, 4) is 6.07 Å². The molecule has 0 saturated heterocycles. The van der Waals surface area contributed by atoms with Gasteiger partial charge < -0.3 is 25.7 Å². The van der Waals surface area contributed by atoms with E-state index in [1.54, 1.807) is 37.6 Å². The summed E-state index contributed by atoms with van der Waals surface area (Å²) >= 11 is 0. The molecule has 11 nitrogen and oxygen atoms in total. The van der Waals surface area contributed by atoms with Gasteiger partial charge in [-0.25, -0.2) is 9.78 Å². The number of nitrogens with two attached hydrogens (primary N) is 1. The molecule has 0 radical (unpaired) electrons. The lowest BCUT2D eigenvalue weighted by Crippen LogP contribution is -2.33. The van der Waals surface area contributed by atoms with Crippen LogP contribution in [0.4, 0.5) is 16.4 Å². The highest BCUT2D eigenvalue weighted by atomic mass is 16.6. The summed E-state index contributed by atoms with van der Waals surface area (Å²) in [6, 6.07) is 5.68. The molecule has 0 spiro atoms. The number of nitrogens with one attached hydrogen (secondary N) is 2. The van der Waals surface area contributed by atoms with Crippen LogP contribution in [0.2, 0.25) is 0 Å². The number of carbonyl (C=O) groups is 1. The van der Waals surface area contributed by atoms with Crippen molar-refractivity contribution in [2.75, 3.05) is 24.1 Å². The van der Waals surface area contributed by atoms with Gasteiger partial charge >= 0.3 is 6.09 Å². The molecule has 4 N–H and O–H groups in total. The highest BCUT2D eigenvalue weighted by Gasteiger charge is 2.17. The van der Waals surface area contributed by atoms with Crippen LogP contribution in [0.3, 0.4) is 0 Å². The lowest BCUT2D eigenvalue weighted by atomic mass is 10.2. The van der Waals surface area contributed by atoms with Crippen molar-refractivity contribution in [1.29, 1.82) is 5.26 Å². The van der Waals surface area contributed by atoms with Gasteiger partial charge in [0.1, 0.15) is 28.9 Å². The lowest BCUT2D eigenvalue weighted by molar-refractivity contribution is 0.0526. The van der Waals surface area contributed by atoms with Gasteiger partial charge in [-0.2, -0.15) is 14.9 Å². The zero-order valence-electron chi connectivity index (χ0n) is 20.8. The summed E-state index contributed by atoms with van der Waals surface area (Å²) in [6.45, 7) is 10.4. The third-order valence-electron chi connectivity index (χ3n) is 5.41. The van der Waals surface area contributed by atoms with E-state index in [2.05, 4.69) is 26.8 Å². The summed E-state index contributed by atoms with van der Waals surface area (Å²) in [5.74, 6) is 0.586. The first-order chi connectivity index (χ1) is 16.5. The highest BCUT2D eigenvalue weighted by molar-refractivity contribution is 5.69. The van der Waals surface area contributed by atoms with Crippen LogP contribution in [-0.4, -0.2) is 43.9 Å². The maximum absolute atomic E-state index is 12.9. The SMILES string of the molecule is Cc1nn2c(N)c(C#N)c(NCCc3cccn(CCCNC(=O)OC(C)(C)C)c3=O)nc2c1C. The third kappa shape index (κ3) is 6.09. The standard InChI is InChI=1S/C24H32N8O3/c1-15-16(2)30-32-19(26)18(14-25)20(29-21(15)32)27-11-9-17-8-6-12-31(22(17)33)13-7-10-28-23(34)35-24(3,4)5/h6,8,12H,7,9-11,13,26H2,1-5H3,(H,27,29)(H,28,34). The van der Waals surface area contributed by atoms with E-state index in [0.717, 1.165) is 11.3 Å². The van der Waals surface area contributed by atoms with Crippen LogP contribution in [0, 0.1) is 25.2 Å². The Labute approximate surface area is 203 Å². The lowest BCUT2D eigenvalue weighted by Gasteiger charge is -2.19. The second-order valence-corrected chi connectivity index (χ2v) is 9.27. The first-order valence-electron chi connectivity index (χ1n) is 11.5. The van der Waals surface area contributed by atoms with E-state index < -0.39 is 11.7 Å². The van der Waals surface area contributed by atoms with Crippen molar-refractivity contribution < 1.29 is 9.53 Å². The van der Waals surface area contributed by atoms with Gasteiger partial charge in [-0.05, 0) is 53.5 Å². The molecule has 186 valence electrons. The number of nitrogens with zero attached hydrogens (tertiary/aromatic N) is 5. The van der Waals surface area contributed by atoms with E-state index in [1.807, 2.05) is 19.9 Å². The molecule has 35 heavy (non-hydrogen) atoms. The molecule has 0 unspecified atom stereocenters. The van der Waals surface area contributed by atoms with Crippen molar-refractivity contribution in [3.63, 3.8) is 0 Å². The molecule has 0 aliphatic rings. The fraction of sp³-hybridized carbons (Fsp3) is 0.458. The Balaban J connectivity index is 1.61. The van der Waals surface area contributed by atoms with E-state index in [-0.39, 0.29) is 16.9 Å². The van der Waals surface area contributed by atoms with Crippen LogP contribution in [-0.2, 0) is 17.7 Å². The number of anilines is 2. The minimum Gasteiger partial charge on any atom is -0.444 e. The Bertz CT molecular complexity index is 1330. The summed E-state index contributed by atoms with van der Waals surface area (Å²) in [4.78, 5) is 29.1.